The smallest absolute Gasteiger partial charge is 0.331 e. The van der Waals surface area contributed by atoms with Gasteiger partial charge in [0.2, 0.25) is 0 Å². The number of H-pyrrole nitrogens is 1. The number of likely N-dealkylation sites (tertiary alicyclic amines) is 1. The number of nitrogens with one attached hydrogen (secondary N) is 3. The number of hydrogen-bond acceptors (Lipinski definition) is 3. The Bertz CT molecular complexity index is 797. The van der Waals surface area contributed by atoms with E-state index in [1.165, 1.54) is 22.0 Å². The molecule has 2 amide bonds. The first-order valence-electron chi connectivity index (χ1n) is 9.71. The summed E-state index contributed by atoms with van der Waals surface area (Å²) in [6.07, 6.45) is 4.31. The van der Waals surface area contributed by atoms with Gasteiger partial charge in [0.15, 0.2) is 0 Å². The second-order valence-electron chi connectivity index (χ2n) is 7.58. The van der Waals surface area contributed by atoms with Crippen LogP contribution in [0.5, 0.6) is 0 Å². The van der Waals surface area contributed by atoms with Crippen LogP contribution in [0.2, 0.25) is 0 Å². The fraction of sp³-hybridized carbons (Fsp3) is 0.550. The van der Waals surface area contributed by atoms with E-state index < -0.39 is 0 Å². The minimum absolute atomic E-state index is 0.0431. The standard InChI is InChI=1S/C20H29N5O/c1-4-25(5-2)20(26)23-22-14-10-16-15-7-6-8-17-19(15)13(11-21-17)9-18(16)24(3)12-14/h6-8,11,14,16,18,21-22H,4-5,9-10,12H2,1-3H3,(H,23,26)/t14-,16?,18+/m0/s1. The number of aromatic amines is 1. The third kappa shape index (κ3) is 2.87. The Kier molecular flexibility index (Phi) is 4.63. The minimum atomic E-state index is -0.0431. The molecule has 3 N–H and O–H groups in total. The minimum Gasteiger partial charge on any atom is -0.361 e. The first-order chi connectivity index (χ1) is 12.6. The van der Waals surface area contributed by atoms with E-state index in [1.807, 2.05) is 13.8 Å². The van der Waals surface area contributed by atoms with E-state index >= 15 is 0 Å². The summed E-state index contributed by atoms with van der Waals surface area (Å²) in [4.78, 5) is 19.9. The van der Waals surface area contributed by atoms with E-state index in [0.717, 1.165) is 32.5 Å². The number of hydrazine groups is 1. The van der Waals surface area contributed by atoms with E-state index in [9.17, 15) is 4.79 Å². The van der Waals surface area contributed by atoms with Crippen molar-refractivity contribution in [2.24, 2.45) is 0 Å². The van der Waals surface area contributed by atoms with Crippen LogP contribution >= 0.6 is 0 Å². The van der Waals surface area contributed by atoms with Crippen LogP contribution in [0.1, 0.15) is 37.3 Å². The van der Waals surface area contributed by atoms with E-state index in [1.54, 1.807) is 4.90 Å². The van der Waals surface area contributed by atoms with Gasteiger partial charge in [0.25, 0.3) is 0 Å². The average Bonchev–Trinajstić information content (AvgIpc) is 3.06. The SMILES string of the molecule is CCN(CC)C(=O)NN[C@H]1CC2c3cccc4[nH]cc(c34)C[C@H]2N(C)C1. The average molecular weight is 355 g/mol. The van der Waals surface area contributed by atoms with Crippen molar-refractivity contribution in [3.05, 3.63) is 35.5 Å². The molecular formula is C20H29N5O. The van der Waals surface area contributed by atoms with Crippen LogP contribution < -0.4 is 10.9 Å². The molecule has 140 valence electrons. The molecule has 1 aliphatic carbocycles. The summed E-state index contributed by atoms with van der Waals surface area (Å²) < 4.78 is 0. The van der Waals surface area contributed by atoms with Gasteiger partial charge in [-0.25, -0.2) is 10.2 Å². The van der Waals surface area contributed by atoms with Crippen LogP contribution in [0.3, 0.4) is 0 Å². The number of benzene rings is 1. The Labute approximate surface area is 154 Å². The number of nitrogens with zero attached hydrogens (tertiary/aromatic N) is 2. The third-order valence-electron chi connectivity index (χ3n) is 6.16. The Balaban J connectivity index is 1.51. The van der Waals surface area contributed by atoms with Crippen LogP contribution in [0.25, 0.3) is 10.9 Å². The highest BCUT2D eigenvalue weighted by molar-refractivity contribution is 5.88. The van der Waals surface area contributed by atoms with E-state index in [4.69, 9.17) is 0 Å². The molecule has 1 fully saturated rings. The molecule has 0 saturated carbocycles. The fourth-order valence-electron chi connectivity index (χ4n) is 4.80. The predicted octanol–water partition coefficient (Wildman–Crippen LogP) is 2.44. The van der Waals surface area contributed by atoms with Gasteiger partial charge in [-0.1, -0.05) is 12.1 Å². The second-order valence-corrected chi connectivity index (χ2v) is 7.58. The number of rotatable bonds is 4. The molecule has 1 aliphatic heterocycles. The Morgan fingerprint density at radius 2 is 2.15 bits per heavy atom. The lowest BCUT2D eigenvalue weighted by Gasteiger charge is -2.45. The highest BCUT2D eigenvalue weighted by atomic mass is 16.2. The highest BCUT2D eigenvalue weighted by Crippen LogP contribution is 2.42. The third-order valence-corrected chi connectivity index (χ3v) is 6.16. The molecule has 26 heavy (non-hydrogen) atoms. The zero-order valence-corrected chi connectivity index (χ0v) is 15.9. The molecule has 1 unspecified atom stereocenters. The van der Waals surface area contributed by atoms with Gasteiger partial charge >= 0.3 is 6.03 Å². The molecular weight excluding hydrogens is 326 g/mol. The molecule has 2 heterocycles. The monoisotopic (exact) mass is 355 g/mol. The van der Waals surface area contributed by atoms with Crippen LogP contribution in [-0.4, -0.2) is 59.6 Å². The van der Waals surface area contributed by atoms with Crippen molar-refractivity contribution in [2.75, 3.05) is 26.7 Å². The van der Waals surface area contributed by atoms with Crippen molar-refractivity contribution in [1.29, 1.82) is 0 Å². The second kappa shape index (κ2) is 6.93. The molecule has 3 atom stereocenters. The number of amides is 2. The normalized spacial score (nSPS) is 25.1. The van der Waals surface area contributed by atoms with Gasteiger partial charge in [-0.05, 0) is 50.9 Å². The van der Waals surface area contributed by atoms with Crippen LogP contribution in [0, 0.1) is 0 Å². The zero-order valence-electron chi connectivity index (χ0n) is 15.9. The van der Waals surface area contributed by atoms with Gasteiger partial charge in [-0.3, -0.25) is 5.43 Å². The van der Waals surface area contributed by atoms with Crippen molar-refractivity contribution in [3.63, 3.8) is 0 Å². The van der Waals surface area contributed by atoms with E-state index in [2.05, 4.69) is 52.2 Å². The molecule has 2 aliphatic rings. The molecule has 1 aromatic carbocycles. The van der Waals surface area contributed by atoms with Gasteiger partial charge in [-0.15, -0.1) is 0 Å². The highest BCUT2D eigenvalue weighted by Gasteiger charge is 2.39. The Morgan fingerprint density at radius 1 is 1.35 bits per heavy atom. The largest absolute Gasteiger partial charge is 0.361 e. The molecule has 1 aromatic heterocycles. The number of carbonyl (C=O) groups excluding carboxylic acids is 1. The molecule has 0 spiro atoms. The fourth-order valence-corrected chi connectivity index (χ4v) is 4.80. The van der Waals surface area contributed by atoms with Gasteiger partial charge in [0.1, 0.15) is 0 Å². The van der Waals surface area contributed by atoms with Crippen molar-refractivity contribution in [2.45, 2.75) is 44.7 Å². The lowest BCUT2D eigenvalue weighted by molar-refractivity contribution is 0.119. The van der Waals surface area contributed by atoms with Crippen molar-refractivity contribution < 1.29 is 4.79 Å². The summed E-state index contributed by atoms with van der Waals surface area (Å²) in [7, 11) is 2.20. The van der Waals surface area contributed by atoms with Crippen molar-refractivity contribution in [3.8, 4) is 0 Å². The van der Waals surface area contributed by atoms with E-state index in [0.29, 0.717) is 12.0 Å². The Hall–Kier alpha value is -2.05. The zero-order chi connectivity index (χ0) is 18.3. The molecule has 0 radical (unpaired) electrons. The van der Waals surface area contributed by atoms with Gasteiger partial charge in [0.05, 0.1) is 0 Å². The number of urea groups is 1. The summed E-state index contributed by atoms with van der Waals surface area (Å²) >= 11 is 0. The number of fused-ring (bicyclic) bond motifs is 2. The summed E-state index contributed by atoms with van der Waals surface area (Å²) in [5.74, 6) is 0.489. The van der Waals surface area contributed by atoms with Gasteiger partial charge in [0, 0.05) is 54.7 Å². The first-order valence-corrected chi connectivity index (χ1v) is 9.71. The van der Waals surface area contributed by atoms with Crippen LogP contribution in [-0.2, 0) is 6.42 Å². The molecule has 0 bridgehead atoms. The van der Waals surface area contributed by atoms with E-state index in [-0.39, 0.29) is 12.1 Å². The van der Waals surface area contributed by atoms with Crippen LogP contribution in [0.15, 0.2) is 24.4 Å². The lowest BCUT2D eigenvalue weighted by atomic mass is 9.74. The summed E-state index contributed by atoms with van der Waals surface area (Å²) in [5.41, 5.74) is 10.3. The number of likely N-dealkylation sites (N-methyl/N-ethyl adjacent to an activating group) is 1. The van der Waals surface area contributed by atoms with Crippen LogP contribution in [0.4, 0.5) is 4.79 Å². The Morgan fingerprint density at radius 3 is 2.92 bits per heavy atom. The molecule has 2 aromatic rings. The maximum absolute atomic E-state index is 12.2. The number of hydrogen-bond donors (Lipinski definition) is 3. The maximum Gasteiger partial charge on any atom is 0.331 e. The predicted molar refractivity (Wildman–Crippen MR) is 104 cm³/mol. The molecule has 4 rings (SSSR count). The summed E-state index contributed by atoms with van der Waals surface area (Å²) in [6, 6.07) is 7.33. The maximum atomic E-state index is 12.2. The first kappa shape index (κ1) is 17.4. The molecule has 6 nitrogen and oxygen atoms in total. The quantitative estimate of drug-likeness (QED) is 0.738. The number of piperidine rings is 1. The van der Waals surface area contributed by atoms with Crippen molar-refractivity contribution in [1.82, 2.24) is 25.6 Å². The number of carbonyl (C=O) groups is 1. The molecule has 1 saturated heterocycles. The number of aromatic nitrogens is 1. The summed E-state index contributed by atoms with van der Waals surface area (Å²) in [5, 5.41) is 1.41. The van der Waals surface area contributed by atoms with Crippen molar-refractivity contribution >= 4 is 16.9 Å². The topological polar surface area (TPSA) is 63.4 Å². The van der Waals surface area contributed by atoms with Gasteiger partial charge < -0.3 is 14.8 Å². The molecule has 6 heteroatoms. The summed E-state index contributed by atoms with van der Waals surface area (Å²) in [6.45, 7) is 6.38. The van der Waals surface area contributed by atoms with Gasteiger partial charge in [-0.2, -0.15) is 0 Å². The lowest BCUT2D eigenvalue weighted by Crippen LogP contribution is -2.58.